The average Bonchev–Trinajstić information content (AvgIpc) is 2.26. The topological polar surface area (TPSA) is 60.7 Å². The fourth-order valence-corrected chi connectivity index (χ4v) is 2.45. The van der Waals surface area contributed by atoms with Gasteiger partial charge in [-0.25, -0.2) is 0 Å². The van der Waals surface area contributed by atoms with Crippen molar-refractivity contribution in [3.05, 3.63) is 35.4 Å². The lowest BCUT2D eigenvalue weighted by atomic mass is 10.1. The zero-order valence-corrected chi connectivity index (χ0v) is 11.3. The SMILES string of the molecule is O[Si](O)(O)CCCCCc1ccc(C(F)(F)F)cc1. The summed E-state index contributed by atoms with van der Waals surface area (Å²) < 4.78 is 36.9. The van der Waals surface area contributed by atoms with Gasteiger partial charge >= 0.3 is 15.0 Å². The van der Waals surface area contributed by atoms with Crippen molar-refractivity contribution in [2.45, 2.75) is 37.9 Å². The Morgan fingerprint density at radius 3 is 1.95 bits per heavy atom. The van der Waals surface area contributed by atoms with Crippen molar-refractivity contribution < 1.29 is 27.6 Å². The molecule has 3 N–H and O–H groups in total. The number of unbranched alkanes of at least 4 members (excludes halogenated alkanes) is 2. The number of benzene rings is 1. The van der Waals surface area contributed by atoms with Crippen LogP contribution in [0.25, 0.3) is 0 Å². The molecule has 0 atom stereocenters. The Hall–Kier alpha value is -0.893. The molecule has 0 amide bonds. The van der Waals surface area contributed by atoms with Crippen molar-refractivity contribution in [1.82, 2.24) is 0 Å². The molecule has 1 aromatic carbocycles. The standard InChI is InChI=1S/C12H17F3O3Si/c13-12(14,15)11-7-5-10(6-8-11)4-2-1-3-9-19(16,17)18/h5-8,16-18H,1-4,9H2. The second-order valence-corrected chi connectivity index (χ2v) is 6.58. The molecule has 0 aromatic heterocycles. The van der Waals surface area contributed by atoms with Gasteiger partial charge in [0.1, 0.15) is 0 Å². The normalized spacial score (nSPS) is 12.7. The van der Waals surface area contributed by atoms with E-state index in [4.69, 9.17) is 14.4 Å². The van der Waals surface area contributed by atoms with Crippen molar-refractivity contribution in [3.63, 3.8) is 0 Å². The van der Waals surface area contributed by atoms with Gasteiger partial charge in [0.05, 0.1) is 5.56 Å². The molecule has 0 aliphatic heterocycles. The van der Waals surface area contributed by atoms with Gasteiger partial charge in [-0.1, -0.05) is 18.6 Å². The highest BCUT2D eigenvalue weighted by atomic mass is 28.4. The summed E-state index contributed by atoms with van der Waals surface area (Å²) in [5.74, 6) is 0. The van der Waals surface area contributed by atoms with E-state index in [2.05, 4.69) is 0 Å². The minimum atomic E-state index is -4.31. The summed E-state index contributed by atoms with van der Waals surface area (Å²) in [5, 5.41) is 0. The number of rotatable bonds is 6. The molecule has 0 aliphatic rings. The van der Waals surface area contributed by atoms with E-state index >= 15 is 0 Å². The van der Waals surface area contributed by atoms with Gasteiger partial charge in [-0.3, -0.25) is 0 Å². The van der Waals surface area contributed by atoms with Gasteiger partial charge in [0.25, 0.3) is 0 Å². The third-order valence-electron chi connectivity index (χ3n) is 2.76. The van der Waals surface area contributed by atoms with Crippen LogP contribution in [-0.2, 0) is 12.6 Å². The first-order valence-electron chi connectivity index (χ1n) is 6.02. The molecule has 0 radical (unpaired) electrons. The minimum Gasteiger partial charge on any atom is -0.390 e. The summed E-state index contributed by atoms with van der Waals surface area (Å²) in [5.41, 5.74) is 0.154. The molecule has 19 heavy (non-hydrogen) atoms. The van der Waals surface area contributed by atoms with Crippen LogP contribution in [0.4, 0.5) is 13.2 Å². The van der Waals surface area contributed by atoms with Crippen molar-refractivity contribution in [2.75, 3.05) is 0 Å². The fourth-order valence-electron chi connectivity index (χ4n) is 1.73. The molecule has 0 unspecified atom stereocenters. The molecular formula is C12H17F3O3Si. The third kappa shape index (κ3) is 6.72. The van der Waals surface area contributed by atoms with Crippen LogP contribution in [0.1, 0.15) is 30.4 Å². The zero-order chi connectivity index (χ0) is 14.5. The lowest BCUT2D eigenvalue weighted by molar-refractivity contribution is -0.137. The first kappa shape index (κ1) is 16.2. The smallest absolute Gasteiger partial charge is 0.390 e. The summed E-state index contributed by atoms with van der Waals surface area (Å²) in [6.45, 7) is 0. The van der Waals surface area contributed by atoms with Crippen LogP contribution < -0.4 is 0 Å². The van der Waals surface area contributed by atoms with Gasteiger partial charge in [-0.15, -0.1) is 0 Å². The van der Waals surface area contributed by atoms with Gasteiger partial charge in [0, 0.05) is 6.04 Å². The molecule has 0 aliphatic carbocycles. The third-order valence-corrected chi connectivity index (χ3v) is 3.78. The van der Waals surface area contributed by atoms with Crippen LogP contribution in [0.2, 0.25) is 6.04 Å². The van der Waals surface area contributed by atoms with Crippen LogP contribution >= 0.6 is 0 Å². The maximum absolute atomic E-state index is 12.3. The van der Waals surface area contributed by atoms with Crippen molar-refractivity contribution in [2.24, 2.45) is 0 Å². The summed E-state index contributed by atoms with van der Waals surface area (Å²) in [7, 11) is -3.94. The van der Waals surface area contributed by atoms with Gasteiger partial charge < -0.3 is 14.4 Å². The Morgan fingerprint density at radius 2 is 1.47 bits per heavy atom. The number of aryl methyl sites for hydroxylation is 1. The summed E-state index contributed by atoms with van der Waals surface area (Å²) in [4.78, 5) is 26.4. The van der Waals surface area contributed by atoms with Crippen LogP contribution in [0.5, 0.6) is 0 Å². The quantitative estimate of drug-likeness (QED) is 0.557. The monoisotopic (exact) mass is 294 g/mol. The van der Waals surface area contributed by atoms with Crippen molar-refractivity contribution in [1.29, 1.82) is 0 Å². The number of hydrogen-bond donors (Lipinski definition) is 3. The Balaban J connectivity index is 2.31. The highest BCUT2D eigenvalue weighted by Crippen LogP contribution is 2.29. The first-order valence-corrected chi connectivity index (χ1v) is 8.06. The molecule has 0 spiro atoms. The Morgan fingerprint density at radius 1 is 0.895 bits per heavy atom. The minimum absolute atomic E-state index is 0.0000115. The van der Waals surface area contributed by atoms with Gasteiger partial charge in [-0.2, -0.15) is 13.2 Å². The van der Waals surface area contributed by atoms with Crippen LogP contribution in [0, 0.1) is 0 Å². The summed E-state index contributed by atoms with van der Waals surface area (Å²) in [6, 6.07) is 5.02. The molecule has 0 fully saturated rings. The second-order valence-electron chi connectivity index (χ2n) is 4.53. The molecule has 0 saturated heterocycles. The molecule has 7 heteroatoms. The molecule has 1 rings (SSSR count). The summed E-state index contributed by atoms with van der Waals surface area (Å²) in [6.07, 6.45) is -1.76. The van der Waals surface area contributed by atoms with E-state index in [9.17, 15) is 13.2 Å². The van der Waals surface area contributed by atoms with Crippen molar-refractivity contribution >= 4 is 8.80 Å². The molecule has 0 bridgehead atoms. The summed E-state index contributed by atoms with van der Waals surface area (Å²) >= 11 is 0. The number of halogens is 3. The molecule has 0 saturated carbocycles. The Kier molecular flexibility index (Phi) is 5.54. The van der Waals surface area contributed by atoms with E-state index in [0.717, 1.165) is 24.1 Å². The second kappa shape index (κ2) is 6.51. The maximum atomic E-state index is 12.3. The van der Waals surface area contributed by atoms with E-state index in [-0.39, 0.29) is 6.04 Å². The Labute approximate surface area is 110 Å². The number of hydrogen-bond acceptors (Lipinski definition) is 3. The molecule has 3 nitrogen and oxygen atoms in total. The van der Waals surface area contributed by atoms with Gasteiger partial charge in [-0.05, 0) is 37.0 Å². The van der Waals surface area contributed by atoms with Gasteiger partial charge in [0.2, 0.25) is 0 Å². The van der Waals surface area contributed by atoms with Crippen LogP contribution in [-0.4, -0.2) is 23.2 Å². The lowest BCUT2D eigenvalue weighted by Gasteiger charge is -2.09. The molecule has 1 aromatic rings. The Bertz CT molecular complexity index is 385. The predicted octanol–water partition coefficient (Wildman–Crippen LogP) is 2.33. The largest absolute Gasteiger partial charge is 0.492 e. The molecule has 108 valence electrons. The van der Waals surface area contributed by atoms with Gasteiger partial charge in [0.15, 0.2) is 0 Å². The highest BCUT2D eigenvalue weighted by Gasteiger charge is 2.29. The number of alkyl halides is 3. The zero-order valence-electron chi connectivity index (χ0n) is 10.3. The highest BCUT2D eigenvalue weighted by molar-refractivity contribution is 6.56. The van der Waals surface area contributed by atoms with Crippen molar-refractivity contribution in [3.8, 4) is 0 Å². The first-order chi connectivity index (χ1) is 8.68. The maximum Gasteiger partial charge on any atom is 0.492 e. The average molecular weight is 294 g/mol. The van der Waals surface area contributed by atoms with E-state index in [1.54, 1.807) is 0 Å². The van der Waals surface area contributed by atoms with E-state index in [0.29, 0.717) is 19.3 Å². The lowest BCUT2D eigenvalue weighted by Crippen LogP contribution is -2.33. The van der Waals surface area contributed by atoms with Crippen LogP contribution in [0.15, 0.2) is 24.3 Å². The van der Waals surface area contributed by atoms with E-state index < -0.39 is 20.5 Å². The molecular weight excluding hydrogens is 277 g/mol. The van der Waals surface area contributed by atoms with E-state index in [1.807, 2.05) is 0 Å². The van der Waals surface area contributed by atoms with E-state index in [1.165, 1.54) is 12.1 Å². The predicted molar refractivity (Wildman–Crippen MR) is 66.2 cm³/mol. The fraction of sp³-hybridized carbons (Fsp3) is 0.500. The van der Waals surface area contributed by atoms with Crippen LogP contribution in [0.3, 0.4) is 0 Å². The molecule has 0 heterocycles.